The van der Waals surface area contributed by atoms with Gasteiger partial charge >= 0.3 is 0 Å². The van der Waals surface area contributed by atoms with Crippen LogP contribution in [0.15, 0.2) is 12.2 Å². The lowest BCUT2D eigenvalue weighted by Gasteiger charge is -1.98. The monoisotopic (exact) mass is 171 g/mol. The molecule has 12 heavy (non-hydrogen) atoms. The molecule has 0 atom stereocenters. The summed E-state index contributed by atoms with van der Waals surface area (Å²) in [6.45, 7) is 3.20. The third-order valence-electron chi connectivity index (χ3n) is 1.32. The molecule has 0 aromatic heterocycles. The molecule has 0 saturated carbocycles. The largest absolute Gasteiger partial charge is 0.381 e. The molecule has 0 bridgehead atoms. The molecule has 0 unspecified atom stereocenters. The van der Waals surface area contributed by atoms with E-state index in [0.29, 0.717) is 19.6 Å². The van der Waals surface area contributed by atoms with Gasteiger partial charge in [0.2, 0.25) is 5.91 Å². The van der Waals surface area contributed by atoms with Gasteiger partial charge in [-0.25, -0.2) is 0 Å². The van der Waals surface area contributed by atoms with Crippen molar-refractivity contribution in [2.45, 2.75) is 26.2 Å². The van der Waals surface area contributed by atoms with E-state index in [2.05, 4.69) is 19.1 Å². The lowest BCUT2D eigenvalue weighted by Crippen LogP contribution is -2.13. The molecule has 2 N–H and O–H groups in total. The molecule has 0 heterocycles. The zero-order chi connectivity index (χ0) is 9.23. The summed E-state index contributed by atoms with van der Waals surface area (Å²) in [5, 5.41) is 0. The Kier molecular flexibility index (Phi) is 7.70. The van der Waals surface area contributed by atoms with Crippen molar-refractivity contribution in [3.05, 3.63) is 12.2 Å². The van der Waals surface area contributed by atoms with Crippen molar-refractivity contribution in [3.63, 3.8) is 0 Å². The van der Waals surface area contributed by atoms with Gasteiger partial charge in [0.15, 0.2) is 0 Å². The van der Waals surface area contributed by atoms with Crippen molar-refractivity contribution >= 4 is 5.91 Å². The SMILES string of the molecule is CCC=CCCOCCC(N)=O. The number of allylic oxidation sites excluding steroid dienone is 1. The Morgan fingerprint density at radius 3 is 2.75 bits per heavy atom. The first-order valence-corrected chi connectivity index (χ1v) is 4.28. The van der Waals surface area contributed by atoms with E-state index >= 15 is 0 Å². The summed E-state index contributed by atoms with van der Waals surface area (Å²) >= 11 is 0. The summed E-state index contributed by atoms with van der Waals surface area (Å²) < 4.78 is 5.14. The van der Waals surface area contributed by atoms with Gasteiger partial charge in [-0.1, -0.05) is 19.1 Å². The molecular weight excluding hydrogens is 154 g/mol. The number of rotatable bonds is 7. The Balaban J connectivity index is 3.00. The van der Waals surface area contributed by atoms with Crippen LogP contribution in [-0.2, 0) is 9.53 Å². The second kappa shape index (κ2) is 8.27. The second-order valence-corrected chi connectivity index (χ2v) is 2.50. The molecular formula is C9H17NO2. The molecule has 0 aliphatic rings. The minimum absolute atomic E-state index is 0.306. The highest BCUT2D eigenvalue weighted by Gasteiger charge is 1.92. The fourth-order valence-electron chi connectivity index (χ4n) is 0.711. The lowest BCUT2D eigenvalue weighted by molar-refractivity contribution is -0.119. The number of hydrogen-bond donors (Lipinski definition) is 1. The average molecular weight is 171 g/mol. The maximum atomic E-state index is 10.3. The molecule has 0 spiro atoms. The Hall–Kier alpha value is -0.830. The second-order valence-electron chi connectivity index (χ2n) is 2.50. The van der Waals surface area contributed by atoms with Crippen LogP contribution >= 0.6 is 0 Å². The predicted molar refractivity (Wildman–Crippen MR) is 48.7 cm³/mol. The van der Waals surface area contributed by atoms with Gasteiger partial charge in [0.25, 0.3) is 0 Å². The van der Waals surface area contributed by atoms with Crippen molar-refractivity contribution in [2.24, 2.45) is 5.73 Å². The van der Waals surface area contributed by atoms with E-state index in [-0.39, 0.29) is 5.91 Å². The Labute approximate surface area is 73.6 Å². The standard InChI is InChI=1S/C9H17NO2/c1-2-3-4-5-7-12-8-6-9(10)11/h3-4H,2,5-8H2,1H3,(H2,10,11). The predicted octanol–water partition coefficient (Wildman–Crippen LogP) is 1.23. The minimum Gasteiger partial charge on any atom is -0.381 e. The van der Waals surface area contributed by atoms with Crippen molar-refractivity contribution in [2.75, 3.05) is 13.2 Å². The van der Waals surface area contributed by atoms with Crippen molar-refractivity contribution in [1.29, 1.82) is 0 Å². The molecule has 70 valence electrons. The maximum Gasteiger partial charge on any atom is 0.219 e. The highest BCUT2D eigenvalue weighted by Crippen LogP contribution is 1.89. The lowest BCUT2D eigenvalue weighted by atomic mass is 10.3. The molecule has 0 radical (unpaired) electrons. The van der Waals surface area contributed by atoms with Crippen LogP contribution in [-0.4, -0.2) is 19.1 Å². The quantitative estimate of drug-likeness (QED) is 0.462. The zero-order valence-corrected chi connectivity index (χ0v) is 7.58. The first kappa shape index (κ1) is 11.2. The van der Waals surface area contributed by atoms with E-state index in [1.165, 1.54) is 0 Å². The van der Waals surface area contributed by atoms with Gasteiger partial charge in [0.1, 0.15) is 0 Å². The van der Waals surface area contributed by atoms with Crippen LogP contribution in [0.1, 0.15) is 26.2 Å². The molecule has 0 fully saturated rings. The first-order valence-electron chi connectivity index (χ1n) is 4.28. The molecule has 0 aliphatic carbocycles. The third kappa shape index (κ3) is 9.17. The van der Waals surface area contributed by atoms with Gasteiger partial charge in [0.05, 0.1) is 13.2 Å². The summed E-state index contributed by atoms with van der Waals surface area (Å²) in [4.78, 5) is 10.3. The van der Waals surface area contributed by atoms with E-state index in [1.807, 2.05) is 0 Å². The van der Waals surface area contributed by atoms with Crippen LogP contribution < -0.4 is 5.73 Å². The van der Waals surface area contributed by atoms with Gasteiger partial charge in [-0.05, 0) is 12.8 Å². The average Bonchev–Trinajstić information content (AvgIpc) is 2.02. The molecule has 3 heteroatoms. The summed E-state index contributed by atoms with van der Waals surface area (Å²) in [6.07, 6.45) is 6.45. The molecule has 0 aliphatic heterocycles. The van der Waals surface area contributed by atoms with E-state index < -0.39 is 0 Å². The summed E-state index contributed by atoms with van der Waals surface area (Å²) in [7, 11) is 0. The van der Waals surface area contributed by atoms with Crippen LogP contribution in [0.5, 0.6) is 0 Å². The zero-order valence-electron chi connectivity index (χ0n) is 7.58. The number of hydrogen-bond acceptors (Lipinski definition) is 2. The summed E-state index contributed by atoms with van der Waals surface area (Å²) in [5.41, 5.74) is 4.92. The highest BCUT2D eigenvalue weighted by molar-refractivity contribution is 5.73. The topological polar surface area (TPSA) is 52.3 Å². The number of amides is 1. The normalized spacial score (nSPS) is 10.8. The van der Waals surface area contributed by atoms with Crippen molar-refractivity contribution in [1.82, 2.24) is 0 Å². The van der Waals surface area contributed by atoms with Crippen LogP contribution in [0, 0.1) is 0 Å². The Morgan fingerprint density at radius 1 is 1.42 bits per heavy atom. The van der Waals surface area contributed by atoms with Crippen LogP contribution in [0.25, 0.3) is 0 Å². The molecule has 0 rings (SSSR count). The smallest absolute Gasteiger partial charge is 0.219 e. The van der Waals surface area contributed by atoms with E-state index in [0.717, 1.165) is 12.8 Å². The Bertz CT molecular complexity index is 143. The van der Waals surface area contributed by atoms with E-state index in [1.54, 1.807) is 0 Å². The molecule has 3 nitrogen and oxygen atoms in total. The fourth-order valence-corrected chi connectivity index (χ4v) is 0.711. The molecule has 0 aromatic rings. The molecule has 1 amide bonds. The van der Waals surface area contributed by atoms with Crippen LogP contribution in [0.3, 0.4) is 0 Å². The summed E-state index contributed by atoms with van der Waals surface area (Å²) in [5.74, 6) is -0.306. The van der Waals surface area contributed by atoms with Crippen LogP contribution in [0.4, 0.5) is 0 Å². The van der Waals surface area contributed by atoms with E-state index in [9.17, 15) is 4.79 Å². The number of carbonyl (C=O) groups excluding carboxylic acids is 1. The van der Waals surface area contributed by atoms with E-state index in [4.69, 9.17) is 10.5 Å². The molecule has 0 saturated heterocycles. The number of carbonyl (C=O) groups is 1. The summed E-state index contributed by atoms with van der Waals surface area (Å²) in [6, 6.07) is 0. The van der Waals surface area contributed by atoms with Gasteiger partial charge in [-0.15, -0.1) is 0 Å². The number of nitrogens with two attached hydrogens (primary N) is 1. The number of ether oxygens (including phenoxy) is 1. The molecule has 0 aromatic carbocycles. The van der Waals surface area contributed by atoms with Gasteiger partial charge in [0, 0.05) is 6.42 Å². The third-order valence-corrected chi connectivity index (χ3v) is 1.32. The van der Waals surface area contributed by atoms with Crippen LogP contribution in [0.2, 0.25) is 0 Å². The fraction of sp³-hybridized carbons (Fsp3) is 0.667. The number of primary amides is 1. The van der Waals surface area contributed by atoms with Gasteiger partial charge in [-0.2, -0.15) is 0 Å². The highest BCUT2D eigenvalue weighted by atomic mass is 16.5. The van der Waals surface area contributed by atoms with Crippen molar-refractivity contribution in [3.8, 4) is 0 Å². The van der Waals surface area contributed by atoms with Crippen molar-refractivity contribution < 1.29 is 9.53 Å². The van der Waals surface area contributed by atoms with Gasteiger partial charge < -0.3 is 10.5 Å². The Morgan fingerprint density at radius 2 is 2.17 bits per heavy atom. The first-order chi connectivity index (χ1) is 5.77. The maximum absolute atomic E-state index is 10.3. The van der Waals surface area contributed by atoms with Gasteiger partial charge in [-0.3, -0.25) is 4.79 Å². The minimum atomic E-state index is -0.306.